The number of rotatable bonds is 29. The second-order valence-electron chi connectivity index (χ2n) is 5.77. The number of carbonyl (C=O) groups excluding carboxylic acids is 2. The van der Waals surface area contributed by atoms with E-state index in [-0.39, 0.29) is 23.8 Å². The molecular formula is C18H34N4O10S8. The summed E-state index contributed by atoms with van der Waals surface area (Å²) in [4.78, 5) is 50.3. The summed E-state index contributed by atoms with van der Waals surface area (Å²) in [5.74, 6) is 4.28. The average Bonchev–Trinajstić information content (AvgIpc) is 2.95. The van der Waals surface area contributed by atoms with E-state index in [4.69, 9.17) is 39.2 Å². The lowest BCUT2D eigenvalue weighted by molar-refractivity contribution is -0.196. The van der Waals surface area contributed by atoms with Crippen LogP contribution in [0.2, 0.25) is 0 Å². The molecule has 0 aromatic rings. The largest absolute Gasteiger partial charge is 0.438 e. The monoisotopic (exact) mass is 722 g/mol. The smallest absolute Gasteiger partial charge is 0.408 e. The molecule has 0 aliphatic rings. The second kappa shape index (κ2) is 35.3. The summed E-state index contributed by atoms with van der Waals surface area (Å²) in [5.41, 5.74) is 0. The highest BCUT2D eigenvalue weighted by Crippen LogP contribution is 2.11. The molecule has 234 valence electrons. The summed E-state index contributed by atoms with van der Waals surface area (Å²) in [7, 11) is 0. The van der Waals surface area contributed by atoms with Crippen molar-refractivity contribution in [3.63, 3.8) is 0 Å². The van der Waals surface area contributed by atoms with Gasteiger partial charge in [-0.15, -0.1) is 94.1 Å². The number of aliphatic imine (C=N–C) groups is 2. The summed E-state index contributed by atoms with van der Waals surface area (Å²) in [6.45, 7) is 0. The van der Waals surface area contributed by atoms with E-state index in [9.17, 15) is 9.59 Å². The molecule has 0 rings (SSSR count). The van der Waals surface area contributed by atoms with Crippen molar-refractivity contribution < 1.29 is 48.8 Å². The SMILES string of the molecule is O=C(NCSCN=COOCSCSCO)OCSCCSCOOC=NCSCNC(=O)OCSCSCO. The van der Waals surface area contributed by atoms with E-state index >= 15 is 0 Å². The van der Waals surface area contributed by atoms with Crippen molar-refractivity contribution >= 4 is 119 Å². The first kappa shape index (κ1) is 40.1. The molecule has 0 atom stereocenters. The number of carbonyl (C=O) groups is 2. The summed E-state index contributed by atoms with van der Waals surface area (Å²) in [6.07, 6.45) is 1.38. The van der Waals surface area contributed by atoms with Gasteiger partial charge < -0.3 is 40.1 Å². The number of hydrogen-bond donors (Lipinski definition) is 4. The highest BCUT2D eigenvalue weighted by molar-refractivity contribution is 8.16. The van der Waals surface area contributed by atoms with Crippen LogP contribution >= 0.6 is 94.1 Å². The molecule has 0 aliphatic heterocycles. The summed E-state index contributed by atoms with van der Waals surface area (Å²) >= 11 is 11.3. The molecule has 40 heavy (non-hydrogen) atoms. The number of amides is 2. The Balaban J connectivity index is 3.30. The quantitative estimate of drug-likeness (QED) is 0.0219. The fraction of sp³-hybridized carbons (Fsp3) is 0.778. The molecule has 14 nitrogen and oxygen atoms in total. The number of aliphatic hydroxyl groups is 2. The van der Waals surface area contributed by atoms with Crippen LogP contribution in [-0.4, -0.2) is 116 Å². The highest BCUT2D eigenvalue weighted by atomic mass is 32.2. The van der Waals surface area contributed by atoms with Crippen LogP contribution in [0.5, 0.6) is 0 Å². The van der Waals surface area contributed by atoms with E-state index in [0.717, 1.165) is 11.5 Å². The van der Waals surface area contributed by atoms with Gasteiger partial charge in [0.05, 0.1) is 35.4 Å². The summed E-state index contributed by atoms with van der Waals surface area (Å²) < 4.78 is 9.99. The molecule has 0 bridgehead atoms. The molecule has 2 amide bonds. The lowest BCUT2D eigenvalue weighted by Gasteiger charge is -2.06. The first-order valence-corrected chi connectivity index (χ1v) is 20.1. The van der Waals surface area contributed by atoms with Crippen molar-refractivity contribution in [3.05, 3.63) is 0 Å². The van der Waals surface area contributed by atoms with Gasteiger partial charge in [-0.25, -0.2) is 19.6 Å². The van der Waals surface area contributed by atoms with Gasteiger partial charge in [-0.3, -0.25) is 0 Å². The number of nitrogens with one attached hydrogen (secondary N) is 2. The van der Waals surface area contributed by atoms with Crippen LogP contribution in [0.1, 0.15) is 0 Å². The Hall–Kier alpha value is 0.120. The standard InChI is InChI=1S/C18H34N4O10S8/c23-9-37-15-39-12-28-18(26)22-8-36-5-19-3-29-31-13-34-2-1-33-11-27-17(25)21-7-35-6-20-4-30-32-14-40-16-38-10-24/h3-4,23-24H,1-2,5-16H2,(H,21,25)(H,22,26). The molecule has 0 aromatic carbocycles. The predicted octanol–water partition coefficient (Wildman–Crippen LogP) is 3.73. The van der Waals surface area contributed by atoms with Gasteiger partial charge in [0.25, 0.3) is 0 Å². The number of hydrogen-bond acceptors (Lipinski definition) is 20. The van der Waals surface area contributed by atoms with Crippen LogP contribution in [0.3, 0.4) is 0 Å². The first-order valence-electron chi connectivity index (χ1n) is 10.9. The number of nitrogens with zero attached hydrogens (tertiary/aromatic N) is 2. The van der Waals surface area contributed by atoms with Crippen molar-refractivity contribution in [1.82, 2.24) is 10.6 Å². The zero-order valence-electron chi connectivity index (χ0n) is 21.4. The van der Waals surface area contributed by atoms with Gasteiger partial charge >= 0.3 is 12.2 Å². The lowest BCUT2D eigenvalue weighted by atomic mass is 11.0. The van der Waals surface area contributed by atoms with Gasteiger partial charge in [-0.2, -0.15) is 9.78 Å². The Bertz CT molecular complexity index is 649. The number of alkyl carbamates (subject to hydrolysis) is 2. The van der Waals surface area contributed by atoms with Crippen molar-refractivity contribution in [2.75, 3.05) is 80.8 Å². The van der Waals surface area contributed by atoms with E-state index in [0.29, 0.717) is 45.6 Å². The maximum absolute atomic E-state index is 11.6. The molecule has 0 aliphatic carbocycles. The molecule has 4 N–H and O–H groups in total. The maximum atomic E-state index is 11.6. The first-order chi connectivity index (χ1) is 19.7. The molecule has 22 heteroatoms. The highest BCUT2D eigenvalue weighted by Gasteiger charge is 2.02. The molecule has 0 heterocycles. The molecule has 0 saturated carbocycles. The van der Waals surface area contributed by atoms with Crippen LogP contribution in [-0.2, 0) is 29.0 Å². The molecule has 0 unspecified atom stereocenters. The Morgan fingerprint density at radius 3 is 1.60 bits per heavy atom. The fourth-order valence-corrected chi connectivity index (χ4v) is 6.36. The Kier molecular flexibility index (Phi) is 35.4. The molecule has 0 radical (unpaired) electrons. The van der Waals surface area contributed by atoms with E-state index in [1.54, 1.807) is 0 Å². The van der Waals surface area contributed by atoms with E-state index < -0.39 is 12.2 Å². The number of thioether (sulfide) groups is 8. The van der Waals surface area contributed by atoms with Gasteiger partial charge in [0.2, 0.25) is 12.8 Å². The Morgan fingerprint density at radius 1 is 0.625 bits per heavy atom. The van der Waals surface area contributed by atoms with Crippen LogP contribution in [0, 0.1) is 0 Å². The second-order valence-corrected chi connectivity index (χ2v) is 14.3. The van der Waals surface area contributed by atoms with Crippen molar-refractivity contribution in [2.45, 2.75) is 0 Å². The van der Waals surface area contributed by atoms with Crippen LogP contribution in [0.15, 0.2) is 9.98 Å². The Morgan fingerprint density at radius 2 is 1.07 bits per heavy atom. The van der Waals surface area contributed by atoms with Gasteiger partial charge in [0.1, 0.15) is 23.8 Å². The van der Waals surface area contributed by atoms with E-state index in [1.165, 1.54) is 107 Å². The Labute approximate surface area is 267 Å². The predicted molar refractivity (Wildman–Crippen MR) is 174 cm³/mol. The van der Waals surface area contributed by atoms with Gasteiger partial charge in [0, 0.05) is 21.7 Å². The number of aliphatic hydroxyl groups excluding tert-OH is 2. The molecule has 0 spiro atoms. The van der Waals surface area contributed by atoms with Gasteiger partial charge in [0.15, 0.2) is 0 Å². The van der Waals surface area contributed by atoms with Crippen LogP contribution in [0.4, 0.5) is 9.59 Å². The van der Waals surface area contributed by atoms with Crippen LogP contribution in [0.25, 0.3) is 0 Å². The molecule has 0 aromatic heterocycles. The van der Waals surface area contributed by atoms with Crippen LogP contribution < -0.4 is 10.6 Å². The topological polar surface area (TPSA) is 179 Å². The summed E-state index contributed by atoms with van der Waals surface area (Å²) in [5, 5.41) is 23.8. The molecule has 0 saturated heterocycles. The van der Waals surface area contributed by atoms with Gasteiger partial charge in [-0.1, -0.05) is 0 Å². The molecular weight excluding hydrogens is 689 g/mol. The minimum atomic E-state index is -0.505. The fourth-order valence-electron chi connectivity index (χ4n) is 1.51. The third kappa shape index (κ3) is 34.3. The third-order valence-corrected chi connectivity index (χ3v) is 9.77. The minimum Gasteiger partial charge on any atom is -0.438 e. The minimum absolute atomic E-state index is 0.0456. The lowest BCUT2D eigenvalue weighted by Crippen LogP contribution is -2.23. The van der Waals surface area contributed by atoms with E-state index in [1.807, 2.05) is 0 Å². The maximum Gasteiger partial charge on any atom is 0.408 e. The van der Waals surface area contributed by atoms with E-state index in [2.05, 4.69) is 20.6 Å². The zero-order valence-corrected chi connectivity index (χ0v) is 27.9. The molecule has 0 fully saturated rings. The van der Waals surface area contributed by atoms with Gasteiger partial charge in [-0.05, 0) is 0 Å². The van der Waals surface area contributed by atoms with Crippen molar-refractivity contribution in [1.29, 1.82) is 0 Å². The normalized spacial score (nSPS) is 11.2. The zero-order chi connectivity index (χ0) is 29.2. The van der Waals surface area contributed by atoms with Crippen molar-refractivity contribution in [3.8, 4) is 0 Å². The number of ether oxygens (including phenoxy) is 2. The average molecular weight is 723 g/mol. The third-order valence-electron chi connectivity index (χ3n) is 3.04. The summed E-state index contributed by atoms with van der Waals surface area (Å²) in [6, 6.07) is 0. The van der Waals surface area contributed by atoms with Crippen molar-refractivity contribution in [2.24, 2.45) is 9.98 Å².